The molecule has 2 aromatic heterocycles. The van der Waals surface area contributed by atoms with E-state index in [1.54, 1.807) is 0 Å². The van der Waals surface area contributed by atoms with Crippen molar-refractivity contribution in [3.05, 3.63) is 83.3 Å². The third-order valence-electron chi connectivity index (χ3n) is 4.33. The summed E-state index contributed by atoms with van der Waals surface area (Å²) in [6.07, 6.45) is 9.95. The van der Waals surface area contributed by atoms with E-state index in [1.165, 1.54) is 12.3 Å². The van der Waals surface area contributed by atoms with Gasteiger partial charge in [0.2, 0.25) is 5.91 Å². The van der Waals surface area contributed by atoms with E-state index in [2.05, 4.69) is 44.8 Å². The molecule has 0 aliphatic carbocycles. The molecule has 0 atom stereocenters. The smallest absolute Gasteiger partial charge is 0.221 e. The lowest BCUT2D eigenvalue weighted by atomic mass is 10.1. The Morgan fingerprint density at radius 3 is 2.54 bits per heavy atom. The predicted octanol–water partition coefficient (Wildman–Crippen LogP) is 5.19. The maximum absolute atomic E-state index is 11.1. The first kappa shape index (κ1) is 17.5. The van der Waals surface area contributed by atoms with Gasteiger partial charge in [0.15, 0.2) is 0 Å². The molecule has 0 unspecified atom stereocenters. The monoisotopic (exact) mass is 368 g/mol. The van der Waals surface area contributed by atoms with Gasteiger partial charge in [0.05, 0.1) is 11.4 Å². The van der Waals surface area contributed by atoms with Gasteiger partial charge in [0.25, 0.3) is 0 Å². The van der Waals surface area contributed by atoms with Crippen molar-refractivity contribution in [1.82, 2.24) is 15.2 Å². The summed E-state index contributed by atoms with van der Waals surface area (Å²) in [5, 5.41) is 11.3. The first-order valence-corrected chi connectivity index (χ1v) is 9.02. The SMILES string of the molecule is CC(=O)Nc1ccc(C=Cc2cc(C=Cc3ccc4cc[nH]c4c3)n[nH]2)cc1. The molecule has 0 bridgehead atoms. The van der Waals surface area contributed by atoms with E-state index in [-0.39, 0.29) is 5.91 Å². The van der Waals surface area contributed by atoms with Gasteiger partial charge in [-0.2, -0.15) is 5.10 Å². The molecule has 0 aliphatic rings. The van der Waals surface area contributed by atoms with Crippen molar-refractivity contribution in [2.24, 2.45) is 0 Å². The van der Waals surface area contributed by atoms with Gasteiger partial charge in [0.1, 0.15) is 0 Å². The molecule has 5 heteroatoms. The van der Waals surface area contributed by atoms with Crippen LogP contribution in [0.4, 0.5) is 5.69 Å². The Balaban J connectivity index is 1.42. The summed E-state index contributed by atoms with van der Waals surface area (Å²) in [5.41, 5.74) is 5.86. The Bertz CT molecular complexity index is 1160. The summed E-state index contributed by atoms with van der Waals surface area (Å²) in [5.74, 6) is -0.0749. The van der Waals surface area contributed by atoms with Crippen molar-refractivity contribution >= 4 is 46.8 Å². The molecule has 0 saturated carbocycles. The molecule has 5 nitrogen and oxygen atoms in total. The summed E-state index contributed by atoms with van der Waals surface area (Å²) in [4.78, 5) is 14.3. The standard InChI is InChI=1S/C23H20N4O/c1-16(28)25-20-8-3-17(4-9-20)5-10-21-15-22(27-26-21)11-6-18-2-7-19-12-13-24-23(19)14-18/h2-15,24H,1H3,(H,25,28)(H,26,27). The lowest BCUT2D eigenvalue weighted by Gasteiger charge is -2.01. The molecule has 138 valence electrons. The van der Waals surface area contributed by atoms with E-state index in [4.69, 9.17) is 0 Å². The molecule has 2 heterocycles. The molecule has 0 saturated heterocycles. The van der Waals surface area contributed by atoms with Gasteiger partial charge in [-0.1, -0.05) is 36.4 Å². The summed E-state index contributed by atoms with van der Waals surface area (Å²) in [6, 6.07) is 18.0. The van der Waals surface area contributed by atoms with Gasteiger partial charge in [-0.25, -0.2) is 0 Å². The highest BCUT2D eigenvalue weighted by atomic mass is 16.1. The van der Waals surface area contributed by atoms with E-state index in [9.17, 15) is 4.79 Å². The zero-order valence-corrected chi connectivity index (χ0v) is 15.4. The van der Waals surface area contributed by atoms with Crippen LogP contribution < -0.4 is 5.32 Å². The Kier molecular flexibility index (Phi) is 4.89. The van der Waals surface area contributed by atoms with Crippen molar-refractivity contribution in [3.63, 3.8) is 0 Å². The zero-order chi connectivity index (χ0) is 19.3. The van der Waals surface area contributed by atoms with E-state index in [1.807, 2.05) is 60.8 Å². The topological polar surface area (TPSA) is 73.6 Å². The van der Waals surface area contributed by atoms with Crippen LogP contribution >= 0.6 is 0 Å². The second kappa shape index (κ2) is 7.80. The maximum Gasteiger partial charge on any atom is 0.221 e. The number of nitrogens with one attached hydrogen (secondary N) is 3. The summed E-state index contributed by atoms with van der Waals surface area (Å²) < 4.78 is 0. The highest BCUT2D eigenvalue weighted by Crippen LogP contribution is 2.17. The average Bonchev–Trinajstić information content (AvgIpc) is 3.34. The molecule has 3 N–H and O–H groups in total. The highest BCUT2D eigenvalue weighted by molar-refractivity contribution is 5.88. The lowest BCUT2D eigenvalue weighted by molar-refractivity contribution is -0.114. The number of benzene rings is 2. The molecule has 0 radical (unpaired) electrons. The lowest BCUT2D eigenvalue weighted by Crippen LogP contribution is -2.05. The van der Waals surface area contributed by atoms with Crippen LogP contribution in [0.15, 0.2) is 60.8 Å². The van der Waals surface area contributed by atoms with Crippen LogP contribution in [0.1, 0.15) is 29.4 Å². The number of carbonyl (C=O) groups excluding carboxylic acids is 1. The van der Waals surface area contributed by atoms with Gasteiger partial charge in [0, 0.05) is 24.3 Å². The molecule has 0 aliphatic heterocycles. The van der Waals surface area contributed by atoms with Gasteiger partial charge in [-0.15, -0.1) is 0 Å². The molecule has 4 aromatic rings. The van der Waals surface area contributed by atoms with Crippen LogP contribution in [0.3, 0.4) is 0 Å². The van der Waals surface area contributed by atoms with Crippen molar-refractivity contribution in [1.29, 1.82) is 0 Å². The number of fused-ring (bicyclic) bond motifs is 1. The van der Waals surface area contributed by atoms with E-state index >= 15 is 0 Å². The number of anilines is 1. The van der Waals surface area contributed by atoms with Crippen molar-refractivity contribution < 1.29 is 4.79 Å². The fraction of sp³-hybridized carbons (Fsp3) is 0.0435. The van der Waals surface area contributed by atoms with E-state index < -0.39 is 0 Å². The number of aromatic amines is 2. The van der Waals surface area contributed by atoms with E-state index in [0.717, 1.165) is 33.7 Å². The third-order valence-corrected chi connectivity index (χ3v) is 4.33. The first-order valence-electron chi connectivity index (χ1n) is 9.02. The molecule has 28 heavy (non-hydrogen) atoms. The van der Waals surface area contributed by atoms with Gasteiger partial charge >= 0.3 is 0 Å². The van der Waals surface area contributed by atoms with Gasteiger partial charge in [-0.3, -0.25) is 9.89 Å². The quantitative estimate of drug-likeness (QED) is 0.453. The number of hydrogen-bond acceptors (Lipinski definition) is 2. The summed E-state index contributed by atoms with van der Waals surface area (Å²) in [7, 11) is 0. The highest BCUT2D eigenvalue weighted by Gasteiger charge is 1.98. The number of carbonyl (C=O) groups is 1. The molecule has 2 aromatic carbocycles. The summed E-state index contributed by atoms with van der Waals surface area (Å²) >= 11 is 0. The average molecular weight is 368 g/mol. The largest absolute Gasteiger partial charge is 0.361 e. The Morgan fingerprint density at radius 2 is 1.71 bits per heavy atom. The minimum Gasteiger partial charge on any atom is -0.361 e. The van der Waals surface area contributed by atoms with Gasteiger partial charge in [-0.05, 0) is 59.0 Å². The van der Waals surface area contributed by atoms with Crippen LogP contribution in [0.25, 0.3) is 35.2 Å². The maximum atomic E-state index is 11.1. The molecule has 1 amide bonds. The molecule has 0 spiro atoms. The molecular formula is C23H20N4O. The van der Waals surface area contributed by atoms with Crippen LogP contribution in [0.5, 0.6) is 0 Å². The predicted molar refractivity (Wildman–Crippen MR) is 115 cm³/mol. The molecular weight excluding hydrogens is 348 g/mol. The summed E-state index contributed by atoms with van der Waals surface area (Å²) in [6.45, 7) is 1.50. The minimum absolute atomic E-state index is 0.0749. The Morgan fingerprint density at radius 1 is 0.929 bits per heavy atom. The second-order valence-electron chi connectivity index (χ2n) is 6.54. The van der Waals surface area contributed by atoms with Crippen molar-refractivity contribution in [2.75, 3.05) is 5.32 Å². The number of rotatable bonds is 5. The number of hydrogen-bond donors (Lipinski definition) is 3. The zero-order valence-electron chi connectivity index (χ0n) is 15.4. The number of H-pyrrole nitrogens is 2. The second-order valence-corrected chi connectivity index (χ2v) is 6.54. The fourth-order valence-corrected chi connectivity index (χ4v) is 2.94. The van der Waals surface area contributed by atoms with Crippen LogP contribution in [0, 0.1) is 0 Å². The minimum atomic E-state index is -0.0749. The van der Waals surface area contributed by atoms with Crippen molar-refractivity contribution in [2.45, 2.75) is 6.92 Å². The van der Waals surface area contributed by atoms with E-state index in [0.29, 0.717) is 0 Å². The van der Waals surface area contributed by atoms with Crippen LogP contribution in [0.2, 0.25) is 0 Å². The fourth-order valence-electron chi connectivity index (χ4n) is 2.94. The number of amides is 1. The first-order chi connectivity index (χ1) is 13.7. The van der Waals surface area contributed by atoms with Gasteiger partial charge < -0.3 is 10.3 Å². The normalized spacial score (nSPS) is 11.6. The Labute approximate surface area is 162 Å². The van der Waals surface area contributed by atoms with Crippen LogP contribution in [-0.2, 0) is 4.79 Å². The van der Waals surface area contributed by atoms with Crippen LogP contribution in [-0.4, -0.2) is 21.1 Å². The Hall–Kier alpha value is -3.86. The molecule has 0 fully saturated rings. The number of aromatic nitrogens is 3. The third kappa shape index (κ3) is 4.27. The number of nitrogens with zero attached hydrogens (tertiary/aromatic N) is 1. The molecule has 4 rings (SSSR count). The van der Waals surface area contributed by atoms with Crippen molar-refractivity contribution in [3.8, 4) is 0 Å².